The molecule has 0 radical (unpaired) electrons. The summed E-state index contributed by atoms with van der Waals surface area (Å²) in [4.78, 5) is 10.6. The van der Waals surface area contributed by atoms with Crippen molar-refractivity contribution in [1.82, 2.24) is 15.3 Å². The molecule has 1 fully saturated rings. The molecule has 1 saturated heterocycles. The number of aromatic nitrogens is 2. The normalized spacial score (nSPS) is 15.4. The molecule has 4 nitrogen and oxygen atoms in total. The van der Waals surface area contributed by atoms with Crippen LogP contribution in [0.2, 0.25) is 0 Å². The maximum atomic E-state index is 4.80. The SMILES string of the molecule is CC.CC(C)(C)Cc1cnc(Nc2cccc(C3CCNCC3)n2)s1. The van der Waals surface area contributed by atoms with Crippen molar-refractivity contribution in [2.75, 3.05) is 18.4 Å². The average Bonchev–Trinajstić information content (AvgIpc) is 3.02. The number of anilines is 2. The van der Waals surface area contributed by atoms with Crippen molar-refractivity contribution in [3.8, 4) is 0 Å². The van der Waals surface area contributed by atoms with Crippen molar-refractivity contribution < 1.29 is 0 Å². The molecule has 0 bridgehead atoms. The van der Waals surface area contributed by atoms with E-state index in [0.717, 1.165) is 30.5 Å². The second kappa shape index (κ2) is 9.30. The van der Waals surface area contributed by atoms with Crippen LogP contribution in [0.15, 0.2) is 24.4 Å². The van der Waals surface area contributed by atoms with E-state index < -0.39 is 0 Å². The van der Waals surface area contributed by atoms with Crippen LogP contribution in [-0.4, -0.2) is 23.1 Å². The van der Waals surface area contributed by atoms with Crippen LogP contribution in [0.1, 0.15) is 63.9 Å². The molecule has 0 saturated carbocycles. The molecule has 0 spiro atoms. The monoisotopic (exact) mass is 360 g/mol. The molecular formula is C20H32N4S. The summed E-state index contributed by atoms with van der Waals surface area (Å²) in [6.07, 6.45) is 5.37. The van der Waals surface area contributed by atoms with Crippen molar-refractivity contribution in [2.45, 2.75) is 59.8 Å². The summed E-state index contributed by atoms with van der Waals surface area (Å²) in [5.74, 6) is 1.48. The van der Waals surface area contributed by atoms with Crippen molar-refractivity contribution in [2.24, 2.45) is 5.41 Å². The van der Waals surface area contributed by atoms with Gasteiger partial charge >= 0.3 is 0 Å². The van der Waals surface area contributed by atoms with E-state index in [1.165, 1.54) is 23.4 Å². The predicted molar refractivity (Wildman–Crippen MR) is 109 cm³/mol. The van der Waals surface area contributed by atoms with Gasteiger partial charge in [0.1, 0.15) is 5.82 Å². The van der Waals surface area contributed by atoms with Gasteiger partial charge in [0.2, 0.25) is 0 Å². The highest BCUT2D eigenvalue weighted by molar-refractivity contribution is 7.15. The number of rotatable bonds is 4. The Hall–Kier alpha value is -1.46. The Bertz CT molecular complexity index is 639. The van der Waals surface area contributed by atoms with Gasteiger partial charge in [0.15, 0.2) is 5.13 Å². The standard InChI is InChI=1S/C18H26N4S.C2H6/c1-18(2,3)11-14-12-20-17(23-14)22-16-6-4-5-15(21-16)13-7-9-19-10-8-13;1-2/h4-6,12-13,19H,7-11H2,1-3H3,(H,20,21,22);1-2H3. The molecule has 2 aromatic heterocycles. The Morgan fingerprint density at radius 1 is 1.20 bits per heavy atom. The quantitative estimate of drug-likeness (QED) is 0.770. The first-order valence-corrected chi connectivity index (χ1v) is 10.2. The van der Waals surface area contributed by atoms with Gasteiger partial charge in [-0.25, -0.2) is 9.97 Å². The van der Waals surface area contributed by atoms with Gasteiger partial charge in [-0.15, -0.1) is 11.3 Å². The highest BCUT2D eigenvalue weighted by atomic mass is 32.1. The number of pyridine rings is 1. The molecule has 0 unspecified atom stereocenters. The van der Waals surface area contributed by atoms with E-state index in [1.54, 1.807) is 11.3 Å². The van der Waals surface area contributed by atoms with Crippen LogP contribution in [0.4, 0.5) is 10.9 Å². The van der Waals surface area contributed by atoms with Crippen molar-refractivity contribution in [1.29, 1.82) is 0 Å². The molecule has 0 aliphatic carbocycles. The summed E-state index contributed by atoms with van der Waals surface area (Å²) < 4.78 is 0. The lowest BCUT2D eigenvalue weighted by molar-refractivity contribution is 0.414. The van der Waals surface area contributed by atoms with Crippen LogP contribution in [0.3, 0.4) is 0 Å². The minimum absolute atomic E-state index is 0.289. The molecule has 5 heteroatoms. The summed E-state index contributed by atoms with van der Waals surface area (Å²) >= 11 is 1.72. The molecule has 0 atom stereocenters. The van der Waals surface area contributed by atoms with E-state index in [2.05, 4.69) is 48.5 Å². The Balaban J connectivity index is 0.00000109. The highest BCUT2D eigenvalue weighted by Gasteiger charge is 2.17. The number of nitrogens with one attached hydrogen (secondary N) is 2. The van der Waals surface area contributed by atoms with Gasteiger partial charge < -0.3 is 10.6 Å². The molecule has 1 aliphatic rings. The van der Waals surface area contributed by atoms with E-state index in [1.807, 2.05) is 26.1 Å². The second-order valence-corrected chi connectivity index (χ2v) is 8.58. The zero-order valence-electron chi connectivity index (χ0n) is 16.2. The van der Waals surface area contributed by atoms with Crippen LogP contribution in [-0.2, 0) is 6.42 Å². The first-order chi connectivity index (χ1) is 12.0. The first kappa shape index (κ1) is 19.9. The molecule has 2 aromatic rings. The molecule has 3 rings (SSSR count). The molecule has 2 N–H and O–H groups in total. The third-order valence-corrected chi connectivity index (χ3v) is 4.93. The second-order valence-electron chi connectivity index (χ2n) is 7.47. The minimum atomic E-state index is 0.289. The number of nitrogens with zero attached hydrogens (tertiary/aromatic N) is 2. The maximum Gasteiger partial charge on any atom is 0.188 e. The van der Waals surface area contributed by atoms with E-state index in [9.17, 15) is 0 Å². The van der Waals surface area contributed by atoms with Crippen LogP contribution in [0, 0.1) is 5.41 Å². The van der Waals surface area contributed by atoms with Crippen LogP contribution < -0.4 is 10.6 Å². The first-order valence-electron chi connectivity index (χ1n) is 9.39. The molecule has 0 amide bonds. The van der Waals surface area contributed by atoms with E-state index in [-0.39, 0.29) is 5.41 Å². The Labute approximate surface area is 156 Å². The lowest BCUT2D eigenvalue weighted by Crippen LogP contribution is -2.27. The molecule has 3 heterocycles. The van der Waals surface area contributed by atoms with Gasteiger partial charge in [-0.1, -0.05) is 40.7 Å². The maximum absolute atomic E-state index is 4.80. The molecule has 138 valence electrons. The van der Waals surface area contributed by atoms with E-state index >= 15 is 0 Å². The van der Waals surface area contributed by atoms with Gasteiger partial charge in [-0.05, 0) is 49.9 Å². The Kier molecular flexibility index (Phi) is 7.38. The fourth-order valence-corrected chi connectivity index (χ4v) is 4.07. The van der Waals surface area contributed by atoms with Crippen molar-refractivity contribution >= 4 is 22.3 Å². The third-order valence-electron chi connectivity index (χ3n) is 4.02. The van der Waals surface area contributed by atoms with Gasteiger partial charge in [0.25, 0.3) is 0 Å². The van der Waals surface area contributed by atoms with Crippen molar-refractivity contribution in [3.63, 3.8) is 0 Å². The number of thiazole rings is 1. The lowest BCUT2D eigenvalue weighted by atomic mass is 9.92. The molecule has 0 aromatic carbocycles. The summed E-state index contributed by atoms with van der Waals surface area (Å²) in [6, 6.07) is 6.26. The topological polar surface area (TPSA) is 49.8 Å². The fraction of sp³-hybridized carbons (Fsp3) is 0.600. The van der Waals surface area contributed by atoms with Crippen LogP contribution in [0.25, 0.3) is 0 Å². The minimum Gasteiger partial charge on any atom is -0.317 e. The highest BCUT2D eigenvalue weighted by Crippen LogP contribution is 2.29. The third kappa shape index (κ3) is 6.40. The van der Waals surface area contributed by atoms with Gasteiger partial charge in [-0.3, -0.25) is 0 Å². The van der Waals surface area contributed by atoms with E-state index in [0.29, 0.717) is 5.92 Å². The summed E-state index contributed by atoms with van der Waals surface area (Å²) in [5, 5.41) is 7.71. The van der Waals surface area contributed by atoms with Crippen LogP contribution in [0.5, 0.6) is 0 Å². The van der Waals surface area contributed by atoms with Gasteiger partial charge in [0.05, 0.1) is 0 Å². The van der Waals surface area contributed by atoms with E-state index in [4.69, 9.17) is 4.98 Å². The van der Waals surface area contributed by atoms with Crippen LogP contribution >= 0.6 is 11.3 Å². The Morgan fingerprint density at radius 3 is 2.60 bits per heavy atom. The number of hydrogen-bond donors (Lipinski definition) is 2. The largest absolute Gasteiger partial charge is 0.317 e. The summed E-state index contributed by atoms with van der Waals surface area (Å²) in [6.45, 7) is 12.9. The lowest BCUT2D eigenvalue weighted by Gasteiger charge is -2.22. The number of piperidine rings is 1. The average molecular weight is 361 g/mol. The zero-order valence-corrected chi connectivity index (χ0v) is 17.0. The van der Waals surface area contributed by atoms with Gasteiger partial charge in [-0.2, -0.15) is 0 Å². The molecule has 25 heavy (non-hydrogen) atoms. The Morgan fingerprint density at radius 2 is 1.92 bits per heavy atom. The van der Waals surface area contributed by atoms with Gasteiger partial charge in [0, 0.05) is 22.7 Å². The molecular weight excluding hydrogens is 328 g/mol. The zero-order chi connectivity index (χ0) is 18.3. The fourth-order valence-electron chi connectivity index (χ4n) is 2.95. The van der Waals surface area contributed by atoms with Crippen molar-refractivity contribution in [3.05, 3.63) is 35.0 Å². The summed E-state index contributed by atoms with van der Waals surface area (Å²) in [5.41, 5.74) is 1.49. The molecule has 1 aliphatic heterocycles. The smallest absolute Gasteiger partial charge is 0.188 e. The predicted octanol–water partition coefficient (Wildman–Crippen LogP) is 5.36. The summed E-state index contributed by atoms with van der Waals surface area (Å²) in [7, 11) is 0. The number of hydrogen-bond acceptors (Lipinski definition) is 5.